The standard InChI is InChI=1S/C19H28N2O2S/c1-20-11-7-19(8-12-20)15-14-17(24-16(15)6-13-23-19)18(22)21-9-4-2-3-5-10-21/h14H,2-13H2,1H3. The van der Waals surface area contributed by atoms with Gasteiger partial charge in [0.25, 0.3) is 5.91 Å². The molecule has 0 saturated carbocycles. The van der Waals surface area contributed by atoms with E-state index in [-0.39, 0.29) is 11.5 Å². The first-order valence-electron chi connectivity index (χ1n) is 9.43. The number of amides is 1. The molecule has 0 unspecified atom stereocenters. The fourth-order valence-corrected chi connectivity index (χ4v) is 5.54. The van der Waals surface area contributed by atoms with Crippen LogP contribution < -0.4 is 0 Å². The van der Waals surface area contributed by atoms with Crippen molar-refractivity contribution in [2.45, 2.75) is 50.5 Å². The summed E-state index contributed by atoms with van der Waals surface area (Å²) in [6.45, 7) is 4.80. The molecule has 1 aromatic heterocycles. The highest BCUT2D eigenvalue weighted by Gasteiger charge is 2.42. The molecule has 5 heteroatoms. The Balaban J connectivity index is 1.59. The number of carbonyl (C=O) groups excluding carboxylic acids is 1. The highest BCUT2D eigenvalue weighted by Crippen LogP contribution is 2.44. The Bertz CT molecular complexity index is 597. The molecule has 0 radical (unpaired) electrons. The summed E-state index contributed by atoms with van der Waals surface area (Å²) in [7, 11) is 2.18. The molecule has 3 aliphatic heterocycles. The van der Waals surface area contributed by atoms with E-state index >= 15 is 0 Å². The maximum absolute atomic E-state index is 13.0. The van der Waals surface area contributed by atoms with Gasteiger partial charge in [-0.15, -0.1) is 11.3 Å². The molecule has 1 amide bonds. The van der Waals surface area contributed by atoms with Crippen molar-refractivity contribution in [2.75, 3.05) is 39.8 Å². The maximum atomic E-state index is 13.0. The second-order valence-corrected chi connectivity index (χ2v) is 8.69. The van der Waals surface area contributed by atoms with Crippen LogP contribution in [0.25, 0.3) is 0 Å². The maximum Gasteiger partial charge on any atom is 0.263 e. The third kappa shape index (κ3) is 3.02. The van der Waals surface area contributed by atoms with Gasteiger partial charge in [0.1, 0.15) is 0 Å². The second-order valence-electron chi connectivity index (χ2n) is 7.55. The topological polar surface area (TPSA) is 32.8 Å². The van der Waals surface area contributed by atoms with Crippen LogP contribution in [-0.4, -0.2) is 55.5 Å². The lowest BCUT2D eigenvalue weighted by Crippen LogP contribution is -2.44. The van der Waals surface area contributed by atoms with E-state index in [4.69, 9.17) is 4.74 Å². The monoisotopic (exact) mass is 348 g/mol. The molecule has 2 fully saturated rings. The quantitative estimate of drug-likeness (QED) is 0.781. The minimum Gasteiger partial charge on any atom is -0.370 e. The van der Waals surface area contributed by atoms with Gasteiger partial charge in [-0.1, -0.05) is 12.8 Å². The summed E-state index contributed by atoms with van der Waals surface area (Å²) in [5.74, 6) is 0.249. The fraction of sp³-hybridized carbons (Fsp3) is 0.737. The number of carbonyl (C=O) groups is 1. The smallest absolute Gasteiger partial charge is 0.263 e. The molecular weight excluding hydrogens is 320 g/mol. The number of ether oxygens (including phenoxy) is 1. The Hall–Kier alpha value is -0.910. The lowest BCUT2D eigenvalue weighted by atomic mass is 9.82. The molecule has 24 heavy (non-hydrogen) atoms. The van der Waals surface area contributed by atoms with Crippen LogP contribution in [0.15, 0.2) is 6.07 Å². The lowest BCUT2D eigenvalue weighted by Gasteiger charge is -2.43. The first kappa shape index (κ1) is 16.6. The summed E-state index contributed by atoms with van der Waals surface area (Å²) in [5, 5.41) is 0. The Labute approximate surface area is 148 Å². The van der Waals surface area contributed by atoms with Crippen LogP contribution in [0.4, 0.5) is 0 Å². The summed E-state index contributed by atoms with van der Waals surface area (Å²) in [6.07, 6.45) is 7.87. The van der Waals surface area contributed by atoms with E-state index in [9.17, 15) is 4.79 Å². The van der Waals surface area contributed by atoms with Gasteiger partial charge < -0.3 is 14.5 Å². The van der Waals surface area contributed by atoms with Crippen LogP contribution in [0.5, 0.6) is 0 Å². The molecule has 1 aromatic rings. The van der Waals surface area contributed by atoms with Crippen molar-refractivity contribution < 1.29 is 9.53 Å². The van der Waals surface area contributed by atoms with E-state index in [1.54, 1.807) is 11.3 Å². The van der Waals surface area contributed by atoms with Crippen LogP contribution in [0.2, 0.25) is 0 Å². The highest BCUT2D eigenvalue weighted by atomic mass is 32.1. The predicted octanol–water partition coefficient (Wildman–Crippen LogP) is 3.26. The molecule has 0 aliphatic carbocycles. The minimum atomic E-state index is -0.131. The molecule has 2 saturated heterocycles. The fourth-order valence-electron chi connectivity index (χ4n) is 4.35. The van der Waals surface area contributed by atoms with Crippen LogP contribution in [0.3, 0.4) is 0 Å². The van der Waals surface area contributed by atoms with Crippen molar-refractivity contribution in [3.63, 3.8) is 0 Å². The largest absolute Gasteiger partial charge is 0.370 e. The molecule has 0 N–H and O–H groups in total. The molecule has 4 rings (SSSR count). The van der Waals surface area contributed by atoms with E-state index < -0.39 is 0 Å². The summed E-state index contributed by atoms with van der Waals surface area (Å²) < 4.78 is 6.29. The zero-order chi connectivity index (χ0) is 16.6. The molecule has 0 bridgehead atoms. The van der Waals surface area contributed by atoms with Crippen molar-refractivity contribution in [2.24, 2.45) is 0 Å². The Morgan fingerprint density at radius 3 is 2.54 bits per heavy atom. The number of piperidine rings is 1. The number of likely N-dealkylation sites (tertiary alicyclic amines) is 2. The van der Waals surface area contributed by atoms with Gasteiger partial charge in [0, 0.05) is 37.5 Å². The zero-order valence-electron chi connectivity index (χ0n) is 14.7. The van der Waals surface area contributed by atoms with E-state index in [2.05, 4.69) is 22.9 Å². The summed E-state index contributed by atoms with van der Waals surface area (Å²) in [6, 6.07) is 2.18. The highest BCUT2D eigenvalue weighted by molar-refractivity contribution is 7.14. The number of nitrogens with zero attached hydrogens (tertiary/aromatic N) is 2. The van der Waals surface area contributed by atoms with E-state index in [0.29, 0.717) is 0 Å². The zero-order valence-corrected chi connectivity index (χ0v) is 15.5. The molecular formula is C19H28N2O2S. The molecule has 4 nitrogen and oxygen atoms in total. The molecule has 0 aromatic carbocycles. The van der Waals surface area contributed by atoms with Crippen molar-refractivity contribution >= 4 is 17.2 Å². The van der Waals surface area contributed by atoms with Gasteiger partial charge in [-0.05, 0) is 44.4 Å². The number of thiophene rings is 1. The minimum absolute atomic E-state index is 0.131. The normalized spacial score (nSPS) is 24.6. The first-order chi connectivity index (χ1) is 11.7. The number of hydrogen-bond donors (Lipinski definition) is 0. The number of fused-ring (bicyclic) bond motifs is 2. The first-order valence-corrected chi connectivity index (χ1v) is 10.2. The van der Waals surface area contributed by atoms with E-state index in [1.165, 1.54) is 23.3 Å². The van der Waals surface area contributed by atoms with Gasteiger partial charge in [-0.3, -0.25) is 4.79 Å². The van der Waals surface area contributed by atoms with Crippen molar-refractivity contribution in [1.29, 1.82) is 0 Å². The second kappa shape index (κ2) is 6.77. The van der Waals surface area contributed by atoms with Crippen LogP contribution in [0.1, 0.15) is 58.6 Å². The van der Waals surface area contributed by atoms with Crippen LogP contribution >= 0.6 is 11.3 Å². The van der Waals surface area contributed by atoms with E-state index in [1.807, 2.05) is 0 Å². The van der Waals surface area contributed by atoms with Gasteiger partial charge in [0.15, 0.2) is 0 Å². The van der Waals surface area contributed by atoms with Gasteiger partial charge >= 0.3 is 0 Å². The molecule has 0 atom stereocenters. The third-order valence-electron chi connectivity index (χ3n) is 5.91. The SMILES string of the molecule is CN1CCC2(CC1)OCCc1sc(C(=O)N3CCCCCC3)cc12. The predicted molar refractivity (Wildman–Crippen MR) is 96.8 cm³/mol. The summed E-state index contributed by atoms with van der Waals surface area (Å²) in [4.78, 5) is 19.8. The molecule has 4 heterocycles. The van der Waals surface area contributed by atoms with Gasteiger partial charge in [-0.2, -0.15) is 0 Å². The van der Waals surface area contributed by atoms with E-state index in [0.717, 1.165) is 69.8 Å². The van der Waals surface area contributed by atoms with Crippen LogP contribution in [-0.2, 0) is 16.8 Å². The van der Waals surface area contributed by atoms with Gasteiger partial charge in [-0.25, -0.2) is 0 Å². The molecule has 132 valence electrons. The van der Waals surface area contributed by atoms with Gasteiger partial charge in [0.05, 0.1) is 17.1 Å². The van der Waals surface area contributed by atoms with Crippen molar-refractivity contribution in [3.05, 3.63) is 21.4 Å². The Kier molecular flexibility index (Phi) is 4.67. The summed E-state index contributed by atoms with van der Waals surface area (Å²) in [5.41, 5.74) is 1.19. The third-order valence-corrected chi connectivity index (χ3v) is 7.09. The molecule has 3 aliphatic rings. The van der Waals surface area contributed by atoms with Crippen molar-refractivity contribution in [1.82, 2.24) is 9.80 Å². The average Bonchev–Trinajstić information content (AvgIpc) is 2.86. The number of hydrogen-bond acceptors (Lipinski definition) is 4. The summed E-state index contributed by atoms with van der Waals surface area (Å²) >= 11 is 1.73. The average molecular weight is 349 g/mol. The Morgan fingerprint density at radius 1 is 1.12 bits per heavy atom. The number of rotatable bonds is 1. The lowest BCUT2D eigenvalue weighted by molar-refractivity contribution is -0.0942. The van der Waals surface area contributed by atoms with Gasteiger partial charge in [0.2, 0.25) is 0 Å². The Morgan fingerprint density at radius 2 is 1.83 bits per heavy atom. The van der Waals surface area contributed by atoms with Crippen LogP contribution in [0, 0.1) is 0 Å². The molecule has 1 spiro atoms. The van der Waals surface area contributed by atoms with Crippen molar-refractivity contribution in [3.8, 4) is 0 Å².